The van der Waals surface area contributed by atoms with Crippen LogP contribution in [-0.4, -0.2) is 43.0 Å². The first-order valence-corrected chi connectivity index (χ1v) is 8.36. The van der Waals surface area contributed by atoms with Crippen LogP contribution in [0.5, 0.6) is 0 Å². The van der Waals surface area contributed by atoms with Gasteiger partial charge in [-0.3, -0.25) is 4.90 Å². The maximum absolute atomic E-state index is 6.12. The molecular weight excluding hydrogens is 268 g/mol. The number of aryl methyl sites for hydroxylation is 1. The summed E-state index contributed by atoms with van der Waals surface area (Å²) in [7, 11) is 0. The quantitative estimate of drug-likeness (QED) is 0.669. The van der Waals surface area contributed by atoms with Crippen LogP contribution >= 0.6 is 11.8 Å². The largest absolute Gasteiger partial charge is 0.398 e. The highest BCUT2D eigenvalue weighted by Crippen LogP contribution is 2.28. The average Bonchev–Trinajstić information content (AvgIpc) is 2.40. The zero-order valence-electron chi connectivity index (χ0n) is 12.8. The van der Waals surface area contributed by atoms with E-state index in [1.807, 2.05) is 11.8 Å². The summed E-state index contributed by atoms with van der Waals surface area (Å²) in [5, 5.41) is 0. The van der Waals surface area contributed by atoms with E-state index in [0.717, 1.165) is 43.2 Å². The van der Waals surface area contributed by atoms with Crippen LogP contribution in [0.2, 0.25) is 0 Å². The Balaban J connectivity index is 1.85. The van der Waals surface area contributed by atoms with E-state index >= 15 is 0 Å². The fraction of sp³-hybridized carbons (Fsp3) is 0.625. The van der Waals surface area contributed by atoms with Gasteiger partial charge in [0.25, 0.3) is 0 Å². The second-order valence-electron chi connectivity index (χ2n) is 5.94. The Kier molecular flexibility index (Phi) is 5.75. The lowest BCUT2D eigenvalue weighted by atomic mass is 10.2. The van der Waals surface area contributed by atoms with Crippen molar-refractivity contribution in [1.29, 1.82) is 0 Å². The van der Waals surface area contributed by atoms with Gasteiger partial charge in [-0.15, -0.1) is 11.8 Å². The van der Waals surface area contributed by atoms with Gasteiger partial charge in [0.2, 0.25) is 0 Å². The smallest absolute Gasteiger partial charge is 0.0796 e. The molecule has 2 rings (SSSR count). The minimum atomic E-state index is 0.312. The molecule has 4 heteroatoms. The van der Waals surface area contributed by atoms with Gasteiger partial charge in [-0.25, -0.2) is 0 Å². The standard InChI is InChI=1S/C16H26N2OS/c1-12(2)9-18-7-8-19-14(10-18)11-20-15-6-4-5-13(3)16(15)17/h4-6,12,14H,7-11,17H2,1-3H3. The maximum atomic E-state index is 6.12. The predicted octanol–water partition coefficient (Wildman–Crippen LogP) is 3.03. The molecule has 0 aliphatic carbocycles. The number of para-hydroxylation sites is 1. The van der Waals surface area contributed by atoms with Crippen LogP contribution in [0.15, 0.2) is 23.1 Å². The number of nitrogen functional groups attached to an aromatic ring is 1. The highest BCUT2D eigenvalue weighted by Gasteiger charge is 2.21. The third-order valence-corrected chi connectivity index (χ3v) is 4.76. The van der Waals surface area contributed by atoms with Crippen molar-refractivity contribution in [2.24, 2.45) is 5.92 Å². The molecule has 1 heterocycles. The topological polar surface area (TPSA) is 38.5 Å². The van der Waals surface area contributed by atoms with E-state index in [-0.39, 0.29) is 0 Å². The van der Waals surface area contributed by atoms with Gasteiger partial charge in [0.15, 0.2) is 0 Å². The van der Waals surface area contributed by atoms with Crippen LogP contribution in [0.25, 0.3) is 0 Å². The summed E-state index contributed by atoms with van der Waals surface area (Å²) < 4.78 is 5.88. The number of thioether (sulfide) groups is 1. The third kappa shape index (κ3) is 4.40. The predicted molar refractivity (Wildman–Crippen MR) is 87.3 cm³/mol. The Labute approximate surface area is 126 Å². The molecule has 1 unspecified atom stereocenters. The van der Waals surface area contributed by atoms with E-state index in [4.69, 9.17) is 10.5 Å². The number of hydrogen-bond acceptors (Lipinski definition) is 4. The summed E-state index contributed by atoms with van der Waals surface area (Å²) >= 11 is 1.81. The van der Waals surface area contributed by atoms with Crippen LogP contribution in [0.1, 0.15) is 19.4 Å². The molecule has 0 aromatic heterocycles. The molecule has 1 aromatic carbocycles. The molecule has 1 atom stereocenters. The summed E-state index contributed by atoms with van der Waals surface area (Å²) in [6, 6.07) is 6.23. The molecule has 2 N–H and O–H groups in total. The maximum Gasteiger partial charge on any atom is 0.0796 e. The van der Waals surface area contributed by atoms with Gasteiger partial charge < -0.3 is 10.5 Å². The molecule has 3 nitrogen and oxygen atoms in total. The van der Waals surface area contributed by atoms with E-state index in [9.17, 15) is 0 Å². The van der Waals surface area contributed by atoms with Crippen molar-refractivity contribution < 1.29 is 4.74 Å². The Morgan fingerprint density at radius 1 is 1.45 bits per heavy atom. The molecule has 0 spiro atoms. The molecule has 1 aliphatic rings. The van der Waals surface area contributed by atoms with Crippen molar-refractivity contribution in [1.82, 2.24) is 4.90 Å². The van der Waals surface area contributed by atoms with Crippen molar-refractivity contribution in [2.75, 3.05) is 37.7 Å². The SMILES string of the molecule is Cc1cccc(SCC2CN(CC(C)C)CCO2)c1N. The van der Waals surface area contributed by atoms with Crippen molar-refractivity contribution in [3.05, 3.63) is 23.8 Å². The lowest BCUT2D eigenvalue weighted by molar-refractivity contribution is -0.0191. The number of nitrogens with zero attached hydrogens (tertiary/aromatic N) is 1. The number of nitrogens with two attached hydrogens (primary N) is 1. The average molecular weight is 294 g/mol. The summed E-state index contributed by atoms with van der Waals surface area (Å²) in [6.07, 6.45) is 0.312. The van der Waals surface area contributed by atoms with Crippen molar-refractivity contribution in [2.45, 2.75) is 31.8 Å². The van der Waals surface area contributed by atoms with Crippen LogP contribution in [0.4, 0.5) is 5.69 Å². The van der Waals surface area contributed by atoms with Crippen LogP contribution in [0, 0.1) is 12.8 Å². The van der Waals surface area contributed by atoms with Gasteiger partial charge in [0.1, 0.15) is 0 Å². The minimum absolute atomic E-state index is 0.312. The normalized spacial score (nSPS) is 20.5. The molecule has 1 fully saturated rings. The molecule has 0 amide bonds. The molecule has 1 aromatic rings. The van der Waals surface area contributed by atoms with Crippen LogP contribution in [0.3, 0.4) is 0 Å². The minimum Gasteiger partial charge on any atom is -0.398 e. The molecule has 112 valence electrons. The number of benzene rings is 1. The Morgan fingerprint density at radius 2 is 2.25 bits per heavy atom. The van der Waals surface area contributed by atoms with Crippen molar-refractivity contribution >= 4 is 17.4 Å². The summed E-state index contributed by atoms with van der Waals surface area (Å²) in [5.41, 5.74) is 8.18. The monoisotopic (exact) mass is 294 g/mol. The summed E-state index contributed by atoms with van der Waals surface area (Å²) in [5.74, 6) is 1.69. The second-order valence-corrected chi connectivity index (χ2v) is 7.01. The zero-order chi connectivity index (χ0) is 14.5. The Hall–Kier alpha value is -0.710. The zero-order valence-corrected chi connectivity index (χ0v) is 13.6. The Morgan fingerprint density at radius 3 is 3.00 bits per heavy atom. The fourth-order valence-electron chi connectivity index (χ4n) is 2.53. The number of morpholine rings is 1. The van der Waals surface area contributed by atoms with Crippen LogP contribution < -0.4 is 5.73 Å². The van der Waals surface area contributed by atoms with E-state index < -0.39 is 0 Å². The van der Waals surface area contributed by atoms with Gasteiger partial charge in [-0.2, -0.15) is 0 Å². The van der Waals surface area contributed by atoms with E-state index in [1.165, 1.54) is 4.90 Å². The molecule has 0 radical (unpaired) electrons. The van der Waals surface area contributed by atoms with E-state index in [2.05, 4.69) is 43.9 Å². The summed E-state index contributed by atoms with van der Waals surface area (Å²) in [6.45, 7) is 10.7. The van der Waals surface area contributed by atoms with E-state index in [1.54, 1.807) is 0 Å². The molecule has 20 heavy (non-hydrogen) atoms. The second kappa shape index (κ2) is 7.34. The fourth-order valence-corrected chi connectivity index (χ4v) is 3.58. The van der Waals surface area contributed by atoms with Crippen LogP contribution in [-0.2, 0) is 4.74 Å². The number of hydrogen-bond donors (Lipinski definition) is 1. The first kappa shape index (κ1) is 15.7. The molecule has 0 bridgehead atoms. The summed E-state index contributed by atoms with van der Waals surface area (Å²) in [4.78, 5) is 3.69. The van der Waals surface area contributed by atoms with Gasteiger partial charge in [-0.05, 0) is 24.5 Å². The van der Waals surface area contributed by atoms with Gasteiger partial charge in [0.05, 0.1) is 12.7 Å². The third-order valence-electron chi connectivity index (χ3n) is 3.56. The highest BCUT2D eigenvalue weighted by atomic mass is 32.2. The first-order valence-electron chi connectivity index (χ1n) is 7.38. The van der Waals surface area contributed by atoms with Crippen molar-refractivity contribution in [3.8, 4) is 0 Å². The number of ether oxygens (including phenoxy) is 1. The van der Waals surface area contributed by atoms with Gasteiger partial charge in [0, 0.05) is 36.0 Å². The number of anilines is 1. The highest BCUT2D eigenvalue weighted by molar-refractivity contribution is 7.99. The van der Waals surface area contributed by atoms with Gasteiger partial charge in [-0.1, -0.05) is 26.0 Å². The van der Waals surface area contributed by atoms with E-state index in [0.29, 0.717) is 12.0 Å². The molecule has 1 saturated heterocycles. The lowest BCUT2D eigenvalue weighted by Crippen LogP contribution is -2.44. The lowest BCUT2D eigenvalue weighted by Gasteiger charge is -2.33. The molecule has 0 saturated carbocycles. The number of rotatable bonds is 5. The molecular formula is C16H26N2OS. The Bertz CT molecular complexity index is 436. The van der Waals surface area contributed by atoms with Crippen molar-refractivity contribution in [3.63, 3.8) is 0 Å². The first-order chi connectivity index (χ1) is 9.56. The van der Waals surface area contributed by atoms with Gasteiger partial charge >= 0.3 is 0 Å². The molecule has 1 aliphatic heterocycles.